The van der Waals surface area contributed by atoms with Crippen LogP contribution >= 0.6 is 0 Å². The first-order chi connectivity index (χ1) is 8.75. The van der Waals surface area contributed by atoms with Crippen LogP contribution in [0.3, 0.4) is 0 Å². The Bertz CT molecular complexity index is 397. The summed E-state index contributed by atoms with van der Waals surface area (Å²) in [6, 6.07) is 10.3. The van der Waals surface area contributed by atoms with Gasteiger partial charge >= 0.3 is 0 Å². The van der Waals surface area contributed by atoms with Gasteiger partial charge in [-0.15, -0.1) is 0 Å². The Morgan fingerprint density at radius 1 is 1.39 bits per heavy atom. The molecule has 98 valence electrons. The molecule has 1 N–H and O–H groups in total. The van der Waals surface area contributed by atoms with Crippen LogP contribution < -0.4 is 0 Å². The van der Waals surface area contributed by atoms with Crippen molar-refractivity contribution >= 4 is 0 Å². The molecule has 4 unspecified atom stereocenters. The molecule has 1 aliphatic heterocycles. The summed E-state index contributed by atoms with van der Waals surface area (Å²) in [6.07, 6.45) is 0.453. The molecule has 1 heterocycles. The first-order valence-corrected chi connectivity index (χ1v) is 6.45. The second kappa shape index (κ2) is 4.97. The van der Waals surface area contributed by atoms with E-state index in [1.54, 1.807) is 0 Å². The van der Waals surface area contributed by atoms with Crippen LogP contribution in [0.4, 0.5) is 0 Å². The fraction of sp³-hybridized carbons (Fsp3) is 0.571. The maximum absolute atomic E-state index is 10.00. The summed E-state index contributed by atoms with van der Waals surface area (Å²) in [5.41, 5.74) is 1.16. The third-order valence-electron chi connectivity index (χ3n) is 3.98. The lowest BCUT2D eigenvalue weighted by Crippen LogP contribution is -2.36. The molecule has 1 aromatic rings. The number of ether oxygens (including phenoxy) is 1. The maximum Gasteiger partial charge on any atom is 0.0787 e. The Labute approximate surface area is 107 Å². The van der Waals surface area contributed by atoms with Crippen molar-refractivity contribution in [1.29, 1.82) is 0 Å². The normalized spacial score (nSPS) is 35.9. The minimum atomic E-state index is -0.305. The molecule has 0 aromatic heterocycles. The summed E-state index contributed by atoms with van der Waals surface area (Å²) in [5, 5.41) is 11.8. The van der Waals surface area contributed by atoms with Gasteiger partial charge in [-0.3, -0.25) is 4.84 Å². The van der Waals surface area contributed by atoms with E-state index in [9.17, 15) is 5.11 Å². The van der Waals surface area contributed by atoms with E-state index in [0.717, 1.165) is 5.56 Å². The van der Waals surface area contributed by atoms with E-state index >= 15 is 0 Å². The summed E-state index contributed by atoms with van der Waals surface area (Å²) in [6.45, 7) is 1.20. The second-order valence-corrected chi connectivity index (χ2v) is 5.13. The number of hydroxylamine groups is 2. The van der Waals surface area contributed by atoms with Crippen LogP contribution in [0.5, 0.6) is 0 Å². The molecule has 0 amide bonds. The monoisotopic (exact) mass is 249 g/mol. The van der Waals surface area contributed by atoms with Gasteiger partial charge in [0.15, 0.2) is 0 Å². The van der Waals surface area contributed by atoms with Crippen LogP contribution in [-0.2, 0) is 16.2 Å². The first kappa shape index (κ1) is 12.1. The third-order valence-corrected chi connectivity index (χ3v) is 3.98. The van der Waals surface area contributed by atoms with Crippen LogP contribution in [0.15, 0.2) is 30.3 Å². The number of nitrogens with zero attached hydrogens (tertiary/aromatic N) is 1. The summed E-state index contributed by atoms with van der Waals surface area (Å²) < 4.78 is 5.96. The van der Waals surface area contributed by atoms with Crippen molar-refractivity contribution in [3.8, 4) is 0 Å². The molecular formula is C14H19NO3. The van der Waals surface area contributed by atoms with Gasteiger partial charge in [-0.25, -0.2) is 0 Å². The number of likely N-dealkylation sites (N-methyl/N-ethyl adjacent to an activating group) is 1. The molecule has 4 nitrogen and oxygen atoms in total. The maximum atomic E-state index is 10.00. The molecule has 0 bridgehead atoms. The smallest absolute Gasteiger partial charge is 0.0787 e. The van der Waals surface area contributed by atoms with Crippen LogP contribution in [0, 0.1) is 5.92 Å². The van der Waals surface area contributed by atoms with Gasteiger partial charge in [0.1, 0.15) is 0 Å². The molecular weight excluding hydrogens is 230 g/mol. The minimum absolute atomic E-state index is 0.0534. The first-order valence-electron chi connectivity index (χ1n) is 6.45. The van der Waals surface area contributed by atoms with E-state index in [4.69, 9.17) is 9.57 Å². The van der Waals surface area contributed by atoms with Crippen molar-refractivity contribution in [2.24, 2.45) is 5.92 Å². The Morgan fingerprint density at radius 3 is 2.94 bits per heavy atom. The average molecular weight is 249 g/mol. The molecule has 0 spiro atoms. The van der Waals surface area contributed by atoms with Crippen molar-refractivity contribution < 1.29 is 14.7 Å². The lowest BCUT2D eigenvalue weighted by Gasteiger charge is -2.23. The molecule has 2 fully saturated rings. The number of aliphatic hydroxyl groups excluding tert-OH is 1. The van der Waals surface area contributed by atoms with Crippen molar-refractivity contribution in [3.63, 3.8) is 0 Å². The molecule has 3 rings (SSSR count). The fourth-order valence-electron chi connectivity index (χ4n) is 3.00. The van der Waals surface area contributed by atoms with E-state index in [0.29, 0.717) is 19.6 Å². The van der Waals surface area contributed by atoms with Crippen LogP contribution in [-0.4, -0.2) is 42.1 Å². The van der Waals surface area contributed by atoms with Crippen molar-refractivity contribution in [3.05, 3.63) is 35.9 Å². The van der Waals surface area contributed by atoms with E-state index < -0.39 is 0 Å². The SMILES string of the molecule is CN1OCC2C(O)CC(OCc3ccccc3)C21. The predicted molar refractivity (Wildman–Crippen MR) is 66.6 cm³/mol. The summed E-state index contributed by atoms with van der Waals surface area (Å²) in [7, 11) is 1.92. The number of hydrogen-bond donors (Lipinski definition) is 1. The zero-order valence-corrected chi connectivity index (χ0v) is 10.5. The van der Waals surface area contributed by atoms with E-state index in [2.05, 4.69) is 12.1 Å². The predicted octanol–water partition coefficient (Wildman–Crippen LogP) is 1.20. The van der Waals surface area contributed by atoms with E-state index in [1.165, 1.54) is 0 Å². The molecule has 4 heteroatoms. The number of hydrogen-bond acceptors (Lipinski definition) is 4. The Kier molecular flexibility index (Phi) is 3.35. The topological polar surface area (TPSA) is 41.9 Å². The Balaban J connectivity index is 1.63. The summed E-state index contributed by atoms with van der Waals surface area (Å²) in [5.74, 6) is 0.191. The molecule has 1 saturated carbocycles. The third kappa shape index (κ3) is 2.17. The molecule has 1 aliphatic carbocycles. The Hall–Kier alpha value is -0.940. The lowest BCUT2D eigenvalue weighted by atomic mass is 10.0. The summed E-state index contributed by atoms with van der Waals surface area (Å²) in [4.78, 5) is 5.47. The number of fused-ring (bicyclic) bond motifs is 1. The van der Waals surface area contributed by atoms with Crippen molar-refractivity contribution in [1.82, 2.24) is 5.06 Å². The van der Waals surface area contributed by atoms with Gasteiger partial charge in [0.25, 0.3) is 0 Å². The van der Waals surface area contributed by atoms with Gasteiger partial charge in [0, 0.05) is 19.4 Å². The molecule has 4 atom stereocenters. The van der Waals surface area contributed by atoms with Gasteiger partial charge in [0.05, 0.1) is 31.5 Å². The van der Waals surface area contributed by atoms with Crippen molar-refractivity contribution in [2.45, 2.75) is 31.3 Å². The van der Waals surface area contributed by atoms with Gasteiger partial charge in [-0.1, -0.05) is 30.3 Å². The zero-order valence-electron chi connectivity index (χ0n) is 10.5. The lowest BCUT2D eigenvalue weighted by molar-refractivity contribution is -0.141. The molecule has 2 aliphatic rings. The van der Waals surface area contributed by atoms with Gasteiger partial charge < -0.3 is 9.84 Å². The van der Waals surface area contributed by atoms with Gasteiger partial charge in [-0.05, 0) is 5.56 Å². The van der Waals surface area contributed by atoms with Gasteiger partial charge in [-0.2, -0.15) is 5.06 Å². The largest absolute Gasteiger partial charge is 0.393 e. The molecule has 1 aromatic carbocycles. The second-order valence-electron chi connectivity index (χ2n) is 5.13. The summed E-state index contributed by atoms with van der Waals surface area (Å²) >= 11 is 0. The van der Waals surface area contributed by atoms with E-state index in [-0.39, 0.29) is 24.2 Å². The average Bonchev–Trinajstić information content (AvgIpc) is 2.91. The molecule has 0 radical (unpaired) electrons. The van der Waals surface area contributed by atoms with E-state index in [1.807, 2.05) is 30.3 Å². The quantitative estimate of drug-likeness (QED) is 0.874. The van der Waals surface area contributed by atoms with Crippen molar-refractivity contribution in [2.75, 3.05) is 13.7 Å². The fourth-order valence-corrected chi connectivity index (χ4v) is 3.00. The number of aliphatic hydroxyl groups is 1. The van der Waals surface area contributed by atoms with Crippen LogP contribution in [0.2, 0.25) is 0 Å². The standard InChI is InChI=1S/C14H19NO3/c1-15-14-11(9-18-15)12(16)7-13(14)17-8-10-5-3-2-4-6-10/h2-6,11-14,16H,7-9H2,1H3. The molecule has 1 saturated heterocycles. The highest BCUT2D eigenvalue weighted by atomic mass is 16.7. The number of benzene rings is 1. The van der Waals surface area contributed by atoms with Crippen LogP contribution in [0.25, 0.3) is 0 Å². The Morgan fingerprint density at radius 2 is 2.17 bits per heavy atom. The minimum Gasteiger partial charge on any atom is -0.393 e. The highest BCUT2D eigenvalue weighted by Gasteiger charge is 2.49. The zero-order chi connectivity index (χ0) is 12.5. The van der Waals surface area contributed by atoms with Crippen LogP contribution in [0.1, 0.15) is 12.0 Å². The molecule has 18 heavy (non-hydrogen) atoms. The van der Waals surface area contributed by atoms with Gasteiger partial charge in [0.2, 0.25) is 0 Å². The highest BCUT2D eigenvalue weighted by Crippen LogP contribution is 2.37. The highest BCUT2D eigenvalue weighted by molar-refractivity contribution is 5.13. The number of rotatable bonds is 3.